The second kappa shape index (κ2) is 12.1. The Kier molecular flexibility index (Phi) is 6.95. The van der Waals surface area contributed by atoms with Crippen LogP contribution < -0.4 is 0 Å². The van der Waals surface area contributed by atoms with Crippen LogP contribution in [0.1, 0.15) is 0 Å². The molecule has 0 amide bonds. The van der Waals surface area contributed by atoms with E-state index in [-0.39, 0.29) is 14.5 Å². The zero-order valence-corrected chi connectivity index (χ0v) is 30.5. The third-order valence-electron chi connectivity index (χ3n) is 10.9. The predicted octanol–water partition coefficient (Wildman–Crippen LogP) is 13.7. The van der Waals surface area contributed by atoms with Crippen molar-refractivity contribution in [3.8, 4) is 44.5 Å². The maximum absolute atomic E-state index is 4.52. The van der Waals surface area contributed by atoms with E-state index in [0.717, 1.165) is 5.56 Å². The summed E-state index contributed by atoms with van der Waals surface area (Å²) in [7, 11) is 0. The van der Waals surface area contributed by atoms with Crippen LogP contribution in [0.2, 0.25) is 0 Å². The van der Waals surface area contributed by atoms with Crippen LogP contribution in [0.25, 0.3) is 107 Å². The molecule has 0 aliphatic rings. The normalized spacial score (nSPS) is 11.8. The Morgan fingerprint density at radius 1 is 0.321 bits per heavy atom. The van der Waals surface area contributed by atoms with Crippen LogP contribution in [-0.2, 0) is 0 Å². The first-order valence-corrected chi connectivity index (χ1v) is 19.8. The molecule has 246 valence electrons. The molecular weight excluding hydrogens is 706 g/mol. The third kappa shape index (κ3) is 4.60. The van der Waals surface area contributed by atoms with Gasteiger partial charge in [0.1, 0.15) is 0 Å². The summed E-state index contributed by atoms with van der Waals surface area (Å²) in [5.41, 5.74) is 10.2. The summed E-state index contributed by atoms with van der Waals surface area (Å²) < 4.78 is 2.90. The minimum absolute atomic E-state index is 0.124. The summed E-state index contributed by atoms with van der Waals surface area (Å²) in [6.07, 6.45) is 3.85. The van der Waals surface area contributed by atoms with Gasteiger partial charge < -0.3 is 0 Å². The van der Waals surface area contributed by atoms with Crippen molar-refractivity contribution in [2.24, 2.45) is 0 Å². The minimum atomic E-state index is 0.124. The van der Waals surface area contributed by atoms with Crippen molar-refractivity contribution in [1.29, 1.82) is 0 Å². The fourth-order valence-corrected chi connectivity index (χ4v) is 11.4. The van der Waals surface area contributed by atoms with Gasteiger partial charge in [-0.1, -0.05) is 0 Å². The van der Waals surface area contributed by atoms with Gasteiger partial charge in [-0.2, -0.15) is 0 Å². The van der Waals surface area contributed by atoms with Crippen LogP contribution in [0.5, 0.6) is 0 Å². The molecule has 0 bridgehead atoms. The van der Waals surface area contributed by atoms with Crippen molar-refractivity contribution in [2.75, 3.05) is 0 Å². The molecule has 0 saturated heterocycles. The molecule has 0 aliphatic heterocycles. The van der Waals surface area contributed by atoms with Gasteiger partial charge in [0.25, 0.3) is 0 Å². The molecule has 0 radical (unpaired) electrons. The van der Waals surface area contributed by atoms with E-state index < -0.39 is 0 Å². The van der Waals surface area contributed by atoms with Crippen LogP contribution >= 0.6 is 0 Å². The van der Waals surface area contributed by atoms with Crippen molar-refractivity contribution >= 4 is 76.9 Å². The molecule has 11 rings (SSSR count). The van der Waals surface area contributed by atoms with E-state index in [4.69, 9.17) is 0 Å². The number of pyridine rings is 1. The second-order valence-electron chi connectivity index (χ2n) is 13.8. The van der Waals surface area contributed by atoms with Crippen molar-refractivity contribution in [1.82, 2.24) is 4.98 Å². The maximum atomic E-state index is 4.52. The molecule has 2 heteroatoms. The first kappa shape index (κ1) is 30.3. The predicted molar refractivity (Wildman–Crippen MR) is 228 cm³/mol. The Balaban J connectivity index is 1.24. The molecule has 0 N–H and O–H groups in total. The van der Waals surface area contributed by atoms with E-state index in [1.54, 1.807) is 0 Å². The third-order valence-corrected chi connectivity index (χ3v) is 13.5. The van der Waals surface area contributed by atoms with E-state index in [1.165, 1.54) is 101 Å². The molecule has 0 aliphatic carbocycles. The molecule has 0 spiro atoms. The summed E-state index contributed by atoms with van der Waals surface area (Å²) in [5, 5.41) is 13.0. The number of aromatic nitrogens is 1. The standard InChI is InChI=1S/C51H31NSe/c1-2-15-32(16-3-1)46-34-18-4-10-24-40(34)49(41-25-11-5-19-35(41)46)43-27-12-28-44-50-42(26-13-29-45(50)53-51(43)44)48-38-22-8-6-20-36(38)47(33-17-14-30-52-31-33)37-21-7-9-23-39(37)48/h1-31H. The van der Waals surface area contributed by atoms with E-state index in [2.05, 4.69) is 175 Å². The van der Waals surface area contributed by atoms with Gasteiger partial charge in [0.15, 0.2) is 0 Å². The molecule has 2 heterocycles. The molecule has 53 heavy (non-hydrogen) atoms. The summed E-state index contributed by atoms with van der Waals surface area (Å²) in [5.74, 6) is 0. The van der Waals surface area contributed by atoms with Gasteiger partial charge >= 0.3 is 315 Å². The summed E-state index contributed by atoms with van der Waals surface area (Å²) in [4.78, 5) is 4.52. The van der Waals surface area contributed by atoms with Crippen LogP contribution in [0.3, 0.4) is 0 Å². The van der Waals surface area contributed by atoms with Gasteiger partial charge in [-0.3, -0.25) is 0 Å². The van der Waals surface area contributed by atoms with E-state index in [9.17, 15) is 0 Å². The first-order valence-electron chi connectivity index (χ1n) is 18.1. The average molecular weight is 737 g/mol. The quantitative estimate of drug-likeness (QED) is 0.130. The summed E-state index contributed by atoms with van der Waals surface area (Å²) in [6, 6.07) is 65.0. The zero-order valence-electron chi connectivity index (χ0n) is 28.8. The van der Waals surface area contributed by atoms with Crippen molar-refractivity contribution in [3.05, 3.63) is 188 Å². The van der Waals surface area contributed by atoms with Crippen LogP contribution in [0, 0.1) is 0 Å². The molecule has 0 unspecified atom stereocenters. The monoisotopic (exact) mass is 737 g/mol. The van der Waals surface area contributed by atoms with E-state index in [0.29, 0.717) is 0 Å². The number of benzene rings is 9. The summed E-state index contributed by atoms with van der Waals surface area (Å²) >= 11 is 0.124. The van der Waals surface area contributed by atoms with Gasteiger partial charge in [-0.25, -0.2) is 0 Å². The van der Waals surface area contributed by atoms with Crippen LogP contribution in [0.4, 0.5) is 0 Å². The Labute approximate surface area is 313 Å². The Morgan fingerprint density at radius 2 is 0.755 bits per heavy atom. The molecule has 11 aromatic rings. The molecule has 2 aromatic heterocycles. The van der Waals surface area contributed by atoms with Crippen molar-refractivity contribution in [2.45, 2.75) is 0 Å². The van der Waals surface area contributed by atoms with E-state index in [1.807, 2.05) is 18.5 Å². The number of hydrogen-bond donors (Lipinski definition) is 0. The molecule has 0 fully saturated rings. The van der Waals surface area contributed by atoms with Crippen molar-refractivity contribution in [3.63, 3.8) is 0 Å². The van der Waals surface area contributed by atoms with E-state index >= 15 is 0 Å². The van der Waals surface area contributed by atoms with Gasteiger partial charge in [0.05, 0.1) is 0 Å². The van der Waals surface area contributed by atoms with Crippen LogP contribution in [-0.4, -0.2) is 19.5 Å². The number of nitrogens with zero attached hydrogens (tertiary/aromatic N) is 1. The van der Waals surface area contributed by atoms with Gasteiger partial charge in [0, 0.05) is 0 Å². The van der Waals surface area contributed by atoms with Gasteiger partial charge in [0.2, 0.25) is 0 Å². The topological polar surface area (TPSA) is 12.9 Å². The fourth-order valence-electron chi connectivity index (χ4n) is 8.83. The summed E-state index contributed by atoms with van der Waals surface area (Å²) in [6.45, 7) is 0. The zero-order chi connectivity index (χ0) is 34.9. The number of rotatable bonds is 4. The molecular formula is C51H31NSe. The molecule has 9 aromatic carbocycles. The number of hydrogen-bond acceptors (Lipinski definition) is 1. The first-order chi connectivity index (χ1) is 26.3. The number of fused-ring (bicyclic) bond motifs is 7. The Morgan fingerprint density at radius 3 is 1.30 bits per heavy atom. The Bertz CT molecular complexity index is 3100. The van der Waals surface area contributed by atoms with Crippen molar-refractivity contribution < 1.29 is 0 Å². The fraction of sp³-hybridized carbons (Fsp3) is 0. The molecule has 0 saturated carbocycles. The Hall–Kier alpha value is -6.31. The van der Waals surface area contributed by atoms with Crippen LogP contribution in [0.15, 0.2) is 188 Å². The SMILES string of the molecule is c1ccc(-c2c3ccccc3c(-c3cccc4c3[se]c3cccc(-c5c6ccccc6c(-c6cccnc6)c6ccccc56)c34)c3ccccc23)cc1. The van der Waals surface area contributed by atoms with Gasteiger partial charge in [-0.15, -0.1) is 0 Å². The second-order valence-corrected chi connectivity index (χ2v) is 16.0. The molecule has 1 nitrogen and oxygen atoms in total. The molecule has 0 atom stereocenters. The average Bonchev–Trinajstić information content (AvgIpc) is 3.62. The van der Waals surface area contributed by atoms with Gasteiger partial charge in [-0.05, 0) is 0 Å².